The van der Waals surface area contributed by atoms with E-state index in [-0.39, 0.29) is 5.69 Å². The van der Waals surface area contributed by atoms with Gasteiger partial charge < -0.3 is 24.7 Å². The molecule has 1 aromatic heterocycles. The molecule has 198 valence electrons. The van der Waals surface area contributed by atoms with E-state index in [1.807, 2.05) is 48.5 Å². The van der Waals surface area contributed by atoms with Crippen LogP contribution in [0.15, 0.2) is 78.0 Å². The van der Waals surface area contributed by atoms with Gasteiger partial charge >= 0.3 is 6.03 Å². The van der Waals surface area contributed by atoms with Crippen molar-refractivity contribution in [2.75, 3.05) is 31.8 Å². The molecule has 0 aliphatic rings. The van der Waals surface area contributed by atoms with Crippen LogP contribution in [0.4, 0.5) is 14.9 Å². The zero-order chi connectivity index (χ0) is 26.9. The lowest BCUT2D eigenvalue weighted by atomic mass is 10.0. The molecule has 4 aromatic rings. The SMILES string of the molecule is CCCn1c(SCCNC(=O)Nc2ccccc2F)nc(-c2ccc(OC)cc2)c1-c1ccc(OC)cc1. The fourth-order valence-corrected chi connectivity index (χ4v) is 4.88. The lowest BCUT2D eigenvalue weighted by molar-refractivity contribution is 0.252. The number of thioether (sulfide) groups is 1. The van der Waals surface area contributed by atoms with Gasteiger partial charge in [-0.3, -0.25) is 0 Å². The molecule has 2 N–H and O–H groups in total. The molecule has 3 aromatic carbocycles. The van der Waals surface area contributed by atoms with E-state index in [0.29, 0.717) is 12.3 Å². The highest BCUT2D eigenvalue weighted by Gasteiger charge is 2.20. The molecule has 0 saturated heterocycles. The van der Waals surface area contributed by atoms with Gasteiger partial charge in [0.25, 0.3) is 0 Å². The molecular weight excluding hydrogens is 503 g/mol. The summed E-state index contributed by atoms with van der Waals surface area (Å²) in [5.41, 5.74) is 4.05. The Morgan fingerprint density at radius 1 is 0.947 bits per heavy atom. The van der Waals surface area contributed by atoms with Crippen molar-refractivity contribution in [1.82, 2.24) is 14.9 Å². The number of amides is 2. The largest absolute Gasteiger partial charge is 0.497 e. The Bertz CT molecular complexity index is 1360. The first-order valence-electron chi connectivity index (χ1n) is 12.4. The van der Waals surface area contributed by atoms with Crippen LogP contribution in [0, 0.1) is 5.82 Å². The number of urea groups is 1. The number of imidazole rings is 1. The second kappa shape index (κ2) is 13.0. The second-order valence-electron chi connectivity index (χ2n) is 8.41. The number of hydrogen-bond donors (Lipinski definition) is 2. The summed E-state index contributed by atoms with van der Waals surface area (Å²) >= 11 is 1.56. The van der Waals surface area contributed by atoms with Crippen molar-refractivity contribution < 1.29 is 18.7 Å². The minimum absolute atomic E-state index is 0.143. The fourth-order valence-electron chi connectivity index (χ4n) is 4.00. The quantitative estimate of drug-likeness (QED) is 0.165. The highest BCUT2D eigenvalue weighted by molar-refractivity contribution is 7.99. The molecule has 0 aliphatic heterocycles. The Kier molecular flexibility index (Phi) is 9.26. The number of carbonyl (C=O) groups excluding carboxylic acids is 1. The number of methoxy groups -OCH3 is 2. The second-order valence-corrected chi connectivity index (χ2v) is 9.47. The smallest absolute Gasteiger partial charge is 0.319 e. The Labute approximate surface area is 226 Å². The van der Waals surface area contributed by atoms with E-state index in [9.17, 15) is 9.18 Å². The first-order valence-corrected chi connectivity index (χ1v) is 13.3. The molecule has 0 fully saturated rings. The summed E-state index contributed by atoms with van der Waals surface area (Å²) in [6.07, 6.45) is 0.929. The predicted molar refractivity (Wildman–Crippen MR) is 151 cm³/mol. The standard InChI is InChI=1S/C29H31FN4O3S/c1-4-18-34-27(21-11-15-23(37-3)16-12-21)26(20-9-13-22(36-2)14-10-20)33-29(34)38-19-17-31-28(35)32-25-8-6-5-7-24(25)30/h5-16H,4,17-19H2,1-3H3,(H2,31,32,35). The number of ether oxygens (including phenoxy) is 2. The summed E-state index contributed by atoms with van der Waals surface area (Å²) in [5, 5.41) is 6.19. The number of anilines is 1. The van der Waals surface area contributed by atoms with E-state index >= 15 is 0 Å². The number of halogens is 1. The third-order valence-corrected chi connectivity index (χ3v) is 6.83. The molecule has 9 heteroatoms. The Morgan fingerprint density at radius 3 is 2.18 bits per heavy atom. The highest BCUT2D eigenvalue weighted by atomic mass is 32.2. The van der Waals surface area contributed by atoms with Crippen molar-refractivity contribution in [2.24, 2.45) is 0 Å². The molecular formula is C29H31FN4O3S. The number of benzene rings is 3. The molecule has 4 rings (SSSR count). The molecule has 0 spiro atoms. The maximum absolute atomic E-state index is 13.8. The molecule has 0 radical (unpaired) electrons. The van der Waals surface area contributed by atoms with Crippen LogP contribution >= 0.6 is 11.8 Å². The lowest BCUT2D eigenvalue weighted by Gasteiger charge is -2.13. The summed E-state index contributed by atoms with van der Waals surface area (Å²) in [6.45, 7) is 3.31. The molecule has 2 amide bonds. The van der Waals surface area contributed by atoms with Gasteiger partial charge in [-0.15, -0.1) is 0 Å². The number of hydrogen-bond acceptors (Lipinski definition) is 5. The average molecular weight is 535 g/mol. The van der Waals surface area contributed by atoms with Crippen LogP contribution in [0.25, 0.3) is 22.5 Å². The van der Waals surface area contributed by atoms with Gasteiger partial charge in [-0.05, 0) is 67.1 Å². The Hall–Kier alpha value is -3.98. The minimum Gasteiger partial charge on any atom is -0.497 e. The maximum atomic E-state index is 13.8. The average Bonchev–Trinajstić information content (AvgIpc) is 3.30. The first kappa shape index (κ1) is 27.1. The van der Waals surface area contributed by atoms with Crippen LogP contribution in [-0.4, -0.2) is 42.1 Å². The van der Waals surface area contributed by atoms with Crippen molar-refractivity contribution in [3.63, 3.8) is 0 Å². The van der Waals surface area contributed by atoms with Crippen molar-refractivity contribution in [3.05, 3.63) is 78.6 Å². The van der Waals surface area contributed by atoms with Crippen molar-refractivity contribution in [3.8, 4) is 34.0 Å². The molecule has 0 aliphatic carbocycles. The van der Waals surface area contributed by atoms with Crippen LogP contribution in [0.2, 0.25) is 0 Å². The van der Waals surface area contributed by atoms with Crippen LogP contribution in [0.5, 0.6) is 11.5 Å². The van der Waals surface area contributed by atoms with Crippen LogP contribution in [0.1, 0.15) is 13.3 Å². The summed E-state index contributed by atoms with van der Waals surface area (Å²) < 4.78 is 26.7. The van der Waals surface area contributed by atoms with Crippen molar-refractivity contribution >= 4 is 23.5 Å². The molecule has 0 atom stereocenters. The van der Waals surface area contributed by atoms with Gasteiger partial charge in [0.05, 0.1) is 31.3 Å². The van der Waals surface area contributed by atoms with E-state index in [2.05, 4.69) is 22.1 Å². The van der Waals surface area contributed by atoms with Gasteiger partial charge in [0.15, 0.2) is 5.16 Å². The fraction of sp³-hybridized carbons (Fsp3) is 0.241. The topological polar surface area (TPSA) is 77.4 Å². The third-order valence-electron chi connectivity index (χ3n) is 5.85. The summed E-state index contributed by atoms with van der Waals surface area (Å²) in [4.78, 5) is 17.3. The van der Waals surface area contributed by atoms with E-state index in [1.165, 1.54) is 12.1 Å². The van der Waals surface area contributed by atoms with Gasteiger partial charge in [0, 0.05) is 30.0 Å². The highest BCUT2D eigenvalue weighted by Crippen LogP contribution is 2.37. The number of nitrogens with zero attached hydrogens (tertiary/aromatic N) is 2. The number of carbonyl (C=O) groups is 1. The zero-order valence-electron chi connectivity index (χ0n) is 21.7. The summed E-state index contributed by atoms with van der Waals surface area (Å²) in [6, 6.07) is 21.5. The molecule has 7 nitrogen and oxygen atoms in total. The van der Waals surface area contributed by atoms with Gasteiger partial charge in [0.1, 0.15) is 17.3 Å². The van der Waals surface area contributed by atoms with E-state index < -0.39 is 11.8 Å². The van der Waals surface area contributed by atoms with Gasteiger partial charge in [-0.1, -0.05) is 30.8 Å². The number of rotatable bonds is 11. The van der Waals surface area contributed by atoms with Crippen LogP contribution in [0.3, 0.4) is 0 Å². The van der Waals surface area contributed by atoms with Gasteiger partial charge in [-0.25, -0.2) is 14.2 Å². The Morgan fingerprint density at radius 2 is 1.58 bits per heavy atom. The predicted octanol–water partition coefficient (Wildman–Crippen LogP) is 6.70. The van der Waals surface area contributed by atoms with Crippen molar-refractivity contribution in [2.45, 2.75) is 25.0 Å². The van der Waals surface area contributed by atoms with Crippen LogP contribution < -0.4 is 20.1 Å². The normalized spacial score (nSPS) is 10.7. The number of aromatic nitrogens is 2. The van der Waals surface area contributed by atoms with Crippen LogP contribution in [-0.2, 0) is 6.54 Å². The number of nitrogens with one attached hydrogen (secondary N) is 2. The minimum atomic E-state index is -0.476. The molecule has 0 bridgehead atoms. The monoisotopic (exact) mass is 534 g/mol. The summed E-state index contributed by atoms with van der Waals surface area (Å²) in [5.74, 6) is 1.68. The third kappa shape index (κ3) is 6.47. The zero-order valence-corrected chi connectivity index (χ0v) is 22.5. The first-order chi connectivity index (χ1) is 18.5. The maximum Gasteiger partial charge on any atom is 0.319 e. The van der Waals surface area contributed by atoms with Crippen molar-refractivity contribution in [1.29, 1.82) is 0 Å². The van der Waals surface area contributed by atoms with E-state index in [1.54, 1.807) is 38.1 Å². The number of para-hydroxylation sites is 1. The van der Waals surface area contributed by atoms with E-state index in [0.717, 1.165) is 52.1 Å². The van der Waals surface area contributed by atoms with E-state index in [4.69, 9.17) is 14.5 Å². The lowest BCUT2D eigenvalue weighted by Crippen LogP contribution is -2.30. The van der Waals surface area contributed by atoms with Gasteiger partial charge in [0.2, 0.25) is 0 Å². The molecule has 1 heterocycles. The molecule has 38 heavy (non-hydrogen) atoms. The summed E-state index contributed by atoms with van der Waals surface area (Å²) in [7, 11) is 3.30. The Balaban J connectivity index is 1.56. The molecule has 0 saturated carbocycles. The van der Waals surface area contributed by atoms with Gasteiger partial charge in [-0.2, -0.15) is 0 Å². The molecule has 0 unspecified atom stereocenters.